The Morgan fingerprint density at radius 2 is 1.36 bits per heavy atom. The van der Waals surface area contributed by atoms with Gasteiger partial charge in [0, 0.05) is 17.3 Å². The highest BCUT2D eigenvalue weighted by Crippen LogP contribution is 2.36. The largest absolute Gasteiger partial charge is 0.495 e. The highest BCUT2D eigenvalue weighted by atomic mass is 16.5. The number of benzene rings is 3. The number of aliphatic imine (C=N–C) groups is 1. The van der Waals surface area contributed by atoms with Crippen LogP contribution < -0.4 is 4.74 Å². The van der Waals surface area contributed by atoms with Crippen molar-refractivity contribution in [2.45, 2.75) is 39.5 Å². The number of nitrogens with zero attached hydrogens (tertiary/aromatic N) is 1. The van der Waals surface area contributed by atoms with Crippen LogP contribution in [-0.2, 0) is 0 Å². The summed E-state index contributed by atoms with van der Waals surface area (Å²) in [4.78, 5) is 4.96. The van der Waals surface area contributed by atoms with E-state index in [1.165, 1.54) is 11.1 Å². The quantitative estimate of drug-likeness (QED) is 0.415. The molecule has 0 radical (unpaired) electrons. The Morgan fingerprint density at radius 1 is 0.750 bits per heavy atom. The third-order valence-electron chi connectivity index (χ3n) is 5.01. The zero-order valence-corrected chi connectivity index (χ0v) is 17.4. The minimum Gasteiger partial charge on any atom is -0.495 e. The average Bonchev–Trinajstić information content (AvgIpc) is 2.72. The van der Waals surface area contributed by atoms with E-state index < -0.39 is 0 Å². The number of para-hydroxylation sites is 2. The van der Waals surface area contributed by atoms with Crippen LogP contribution in [0.3, 0.4) is 0 Å². The number of rotatable bonds is 6. The second-order valence-corrected chi connectivity index (χ2v) is 7.65. The van der Waals surface area contributed by atoms with Gasteiger partial charge in [0.15, 0.2) is 0 Å². The Labute approximate surface area is 168 Å². The maximum Gasteiger partial charge on any atom is 0.135 e. The van der Waals surface area contributed by atoms with Crippen molar-refractivity contribution in [1.29, 1.82) is 0 Å². The van der Waals surface area contributed by atoms with E-state index in [0.717, 1.165) is 28.1 Å². The summed E-state index contributed by atoms with van der Waals surface area (Å²) in [6.07, 6.45) is 1.94. The molecule has 0 amide bonds. The van der Waals surface area contributed by atoms with Gasteiger partial charge in [-0.15, -0.1) is 0 Å². The molecule has 0 aliphatic heterocycles. The molecule has 0 aromatic heterocycles. The predicted octanol–water partition coefficient (Wildman–Crippen LogP) is 7.36. The van der Waals surface area contributed by atoms with Gasteiger partial charge in [0.2, 0.25) is 0 Å². The number of ether oxygens (including phenoxy) is 1. The monoisotopic (exact) mass is 371 g/mol. The molecule has 0 spiro atoms. The first-order valence-corrected chi connectivity index (χ1v) is 9.92. The van der Waals surface area contributed by atoms with Crippen molar-refractivity contribution >= 4 is 11.9 Å². The minimum absolute atomic E-state index is 0.420. The van der Waals surface area contributed by atoms with Crippen LogP contribution in [0.1, 0.15) is 56.2 Å². The maximum atomic E-state index is 5.78. The summed E-state index contributed by atoms with van der Waals surface area (Å²) >= 11 is 0. The van der Waals surface area contributed by atoms with E-state index in [0.29, 0.717) is 11.8 Å². The molecule has 0 fully saturated rings. The SMILES string of the molecule is COc1c(/C=N/c2c(C(C)C)cccc2C(C)C)cccc1-c1ccccc1. The van der Waals surface area contributed by atoms with Gasteiger partial charge in [-0.2, -0.15) is 0 Å². The van der Waals surface area contributed by atoms with Crippen molar-refractivity contribution in [3.05, 3.63) is 83.4 Å². The average molecular weight is 372 g/mol. The molecule has 0 unspecified atom stereocenters. The third kappa shape index (κ3) is 4.17. The Bertz CT molecular complexity index is 929. The van der Waals surface area contributed by atoms with Crippen molar-refractivity contribution in [2.24, 2.45) is 4.99 Å². The van der Waals surface area contributed by atoms with Crippen molar-refractivity contribution in [3.63, 3.8) is 0 Å². The molecular formula is C26H29NO. The van der Waals surface area contributed by atoms with Crippen molar-refractivity contribution in [1.82, 2.24) is 0 Å². The van der Waals surface area contributed by atoms with E-state index >= 15 is 0 Å². The fourth-order valence-electron chi connectivity index (χ4n) is 3.52. The Hall–Kier alpha value is -2.87. The standard InChI is InChI=1S/C26H29NO/c1-18(2)22-14-10-15-23(19(3)4)25(22)27-17-21-13-9-16-24(26(21)28-5)20-11-7-6-8-12-20/h6-19H,1-5H3/b27-17+. The van der Waals surface area contributed by atoms with E-state index in [-0.39, 0.29) is 0 Å². The molecule has 0 N–H and O–H groups in total. The molecule has 0 saturated carbocycles. The van der Waals surface area contributed by atoms with Crippen molar-refractivity contribution < 1.29 is 4.74 Å². The van der Waals surface area contributed by atoms with Gasteiger partial charge in [0.1, 0.15) is 5.75 Å². The van der Waals surface area contributed by atoms with Crippen LogP contribution >= 0.6 is 0 Å². The lowest BCUT2D eigenvalue weighted by atomic mass is 9.93. The first-order valence-electron chi connectivity index (χ1n) is 9.92. The van der Waals surface area contributed by atoms with Gasteiger partial charge in [-0.3, -0.25) is 4.99 Å². The fourth-order valence-corrected chi connectivity index (χ4v) is 3.52. The molecule has 2 heteroatoms. The first-order chi connectivity index (χ1) is 13.5. The van der Waals surface area contributed by atoms with Crippen molar-refractivity contribution in [2.75, 3.05) is 7.11 Å². The molecule has 0 aliphatic rings. The lowest BCUT2D eigenvalue weighted by Gasteiger charge is -2.16. The molecule has 0 aliphatic carbocycles. The molecule has 0 atom stereocenters. The summed E-state index contributed by atoms with van der Waals surface area (Å²) in [5, 5.41) is 0. The molecule has 0 heterocycles. The van der Waals surface area contributed by atoms with Crippen LogP contribution in [0.15, 0.2) is 71.7 Å². The van der Waals surface area contributed by atoms with Crippen LogP contribution in [0.25, 0.3) is 11.1 Å². The summed E-state index contributed by atoms with van der Waals surface area (Å²) in [6.45, 7) is 8.87. The second-order valence-electron chi connectivity index (χ2n) is 7.65. The van der Waals surface area contributed by atoms with Crippen LogP contribution in [0.5, 0.6) is 5.75 Å². The van der Waals surface area contributed by atoms with E-state index in [9.17, 15) is 0 Å². The number of hydrogen-bond donors (Lipinski definition) is 0. The Morgan fingerprint density at radius 3 is 1.93 bits per heavy atom. The number of methoxy groups -OCH3 is 1. The van der Waals surface area contributed by atoms with E-state index in [1.807, 2.05) is 24.4 Å². The van der Waals surface area contributed by atoms with Gasteiger partial charge in [-0.1, -0.05) is 88.4 Å². The molecule has 3 aromatic carbocycles. The van der Waals surface area contributed by atoms with Gasteiger partial charge < -0.3 is 4.74 Å². The summed E-state index contributed by atoms with van der Waals surface area (Å²) < 4.78 is 5.78. The molecule has 3 rings (SSSR count). The zero-order valence-electron chi connectivity index (χ0n) is 17.4. The summed E-state index contributed by atoms with van der Waals surface area (Å²) in [6, 6.07) is 23.0. The topological polar surface area (TPSA) is 21.6 Å². The van der Waals surface area contributed by atoms with E-state index in [4.69, 9.17) is 9.73 Å². The first kappa shape index (κ1) is 19.9. The predicted molar refractivity (Wildman–Crippen MR) is 120 cm³/mol. The lowest BCUT2D eigenvalue weighted by molar-refractivity contribution is 0.416. The van der Waals surface area contributed by atoms with Crippen LogP contribution in [0.4, 0.5) is 5.69 Å². The molecule has 144 valence electrons. The third-order valence-corrected chi connectivity index (χ3v) is 5.01. The van der Waals surface area contributed by atoms with E-state index in [1.54, 1.807) is 7.11 Å². The Balaban J connectivity index is 2.09. The number of hydrogen-bond acceptors (Lipinski definition) is 2. The Kier molecular flexibility index (Phi) is 6.30. The summed E-state index contributed by atoms with van der Waals surface area (Å²) in [5.74, 6) is 1.69. The van der Waals surface area contributed by atoms with Gasteiger partial charge in [-0.25, -0.2) is 0 Å². The lowest BCUT2D eigenvalue weighted by Crippen LogP contribution is -1.97. The molecule has 28 heavy (non-hydrogen) atoms. The van der Waals surface area contributed by atoms with E-state index in [2.05, 4.69) is 76.2 Å². The summed E-state index contributed by atoms with van der Waals surface area (Å²) in [5.41, 5.74) is 6.84. The molecule has 0 bridgehead atoms. The van der Waals surface area contributed by atoms with Crippen LogP contribution in [0, 0.1) is 0 Å². The second kappa shape index (κ2) is 8.88. The highest BCUT2D eigenvalue weighted by molar-refractivity contribution is 5.90. The van der Waals surface area contributed by atoms with Gasteiger partial charge >= 0.3 is 0 Å². The normalized spacial score (nSPS) is 11.5. The van der Waals surface area contributed by atoms with Gasteiger partial charge in [-0.05, 0) is 34.6 Å². The minimum atomic E-state index is 0.420. The van der Waals surface area contributed by atoms with Gasteiger partial charge in [0.05, 0.1) is 12.8 Å². The molecule has 2 nitrogen and oxygen atoms in total. The maximum absolute atomic E-state index is 5.78. The molecule has 0 saturated heterocycles. The van der Waals surface area contributed by atoms with Gasteiger partial charge in [0.25, 0.3) is 0 Å². The van der Waals surface area contributed by atoms with Crippen LogP contribution in [0.2, 0.25) is 0 Å². The smallest absolute Gasteiger partial charge is 0.135 e. The zero-order chi connectivity index (χ0) is 20.1. The van der Waals surface area contributed by atoms with Crippen LogP contribution in [-0.4, -0.2) is 13.3 Å². The fraction of sp³-hybridized carbons (Fsp3) is 0.269. The molecule has 3 aromatic rings. The summed E-state index contributed by atoms with van der Waals surface area (Å²) in [7, 11) is 1.72. The highest BCUT2D eigenvalue weighted by Gasteiger charge is 2.14. The van der Waals surface area contributed by atoms with Crippen molar-refractivity contribution in [3.8, 4) is 16.9 Å². The molecular weight excluding hydrogens is 342 g/mol.